The van der Waals surface area contributed by atoms with Gasteiger partial charge in [0.05, 0.1) is 18.3 Å². The molecule has 10 atom stereocenters. The number of aliphatic hydroxyl groups excluding tert-OH is 2. The minimum Gasteiger partial charge on any atom is -0.456 e. The van der Waals surface area contributed by atoms with Gasteiger partial charge in [0.25, 0.3) is 0 Å². The van der Waals surface area contributed by atoms with Crippen LogP contribution >= 0.6 is 0 Å². The number of aliphatic hydroxyl groups is 3. The summed E-state index contributed by atoms with van der Waals surface area (Å²) in [6, 6.07) is 0. The Morgan fingerprint density at radius 2 is 2.03 bits per heavy atom. The van der Waals surface area contributed by atoms with Crippen molar-refractivity contribution in [1.82, 2.24) is 0 Å². The van der Waals surface area contributed by atoms with E-state index in [0.717, 1.165) is 12.0 Å². The molecule has 3 aliphatic rings. The number of esters is 2. The van der Waals surface area contributed by atoms with Crippen LogP contribution in [-0.2, 0) is 23.8 Å². The van der Waals surface area contributed by atoms with E-state index >= 15 is 0 Å². The second-order valence-electron chi connectivity index (χ2n) is 11.1. The van der Waals surface area contributed by atoms with Gasteiger partial charge in [0.1, 0.15) is 11.7 Å². The molecule has 0 spiro atoms. The molecule has 204 valence electrons. The van der Waals surface area contributed by atoms with Gasteiger partial charge in [-0.3, -0.25) is 4.79 Å². The highest BCUT2D eigenvalue weighted by molar-refractivity contribution is 5.79. The molecule has 2 heterocycles. The Morgan fingerprint density at radius 1 is 1.33 bits per heavy atom. The molecule has 2 bridgehead atoms. The van der Waals surface area contributed by atoms with Gasteiger partial charge in [0.2, 0.25) is 0 Å². The lowest BCUT2D eigenvalue weighted by atomic mass is 9.62. The summed E-state index contributed by atoms with van der Waals surface area (Å²) in [5.74, 6) is -1.29. The molecule has 0 aromatic rings. The highest BCUT2D eigenvalue weighted by atomic mass is 16.6. The van der Waals surface area contributed by atoms with E-state index in [1.807, 2.05) is 13.8 Å². The second kappa shape index (κ2) is 11.8. The molecule has 0 aromatic carbocycles. The molecule has 2 fully saturated rings. The molecular formula is C28H44O8. The van der Waals surface area contributed by atoms with Crippen LogP contribution < -0.4 is 0 Å². The van der Waals surface area contributed by atoms with Gasteiger partial charge in [-0.2, -0.15) is 0 Å². The largest absolute Gasteiger partial charge is 0.456 e. The van der Waals surface area contributed by atoms with Crippen LogP contribution in [0.4, 0.5) is 0 Å². The predicted molar refractivity (Wildman–Crippen MR) is 134 cm³/mol. The van der Waals surface area contributed by atoms with Crippen molar-refractivity contribution < 1.29 is 39.1 Å². The molecule has 1 aliphatic carbocycles. The third kappa shape index (κ3) is 5.72. The third-order valence-electron chi connectivity index (χ3n) is 8.46. The predicted octanol–water partition coefficient (Wildman–Crippen LogP) is 3.08. The Labute approximate surface area is 214 Å². The third-order valence-corrected chi connectivity index (χ3v) is 8.46. The number of fused-ring (bicyclic) bond motifs is 5. The molecule has 8 heteroatoms. The van der Waals surface area contributed by atoms with E-state index in [-0.39, 0.29) is 55.6 Å². The van der Waals surface area contributed by atoms with Gasteiger partial charge in [0.15, 0.2) is 6.10 Å². The topological polar surface area (TPSA) is 123 Å². The van der Waals surface area contributed by atoms with Crippen LogP contribution in [0, 0.1) is 23.7 Å². The van der Waals surface area contributed by atoms with Crippen LogP contribution in [0.15, 0.2) is 23.8 Å². The summed E-state index contributed by atoms with van der Waals surface area (Å²) in [5.41, 5.74) is 0.0788. The summed E-state index contributed by atoms with van der Waals surface area (Å²) in [7, 11) is 0. The van der Waals surface area contributed by atoms with Crippen LogP contribution in [-0.4, -0.2) is 70.0 Å². The molecule has 2 aliphatic heterocycles. The Bertz CT molecular complexity index is 848. The molecule has 8 nitrogen and oxygen atoms in total. The van der Waals surface area contributed by atoms with Crippen LogP contribution in [0.5, 0.6) is 0 Å². The molecule has 0 saturated carbocycles. The van der Waals surface area contributed by atoms with Gasteiger partial charge >= 0.3 is 11.9 Å². The number of carbonyl (C=O) groups is 2. The van der Waals surface area contributed by atoms with E-state index in [9.17, 15) is 24.9 Å². The minimum atomic E-state index is -1.64. The van der Waals surface area contributed by atoms with Crippen molar-refractivity contribution in [1.29, 1.82) is 0 Å². The summed E-state index contributed by atoms with van der Waals surface area (Å²) < 4.78 is 17.7. The number of ether oxygens (including phenoxy) is 3. The summed E-state index contributed by atoms with van der Waals surface area (Å²) in [5, 5.41) is 32.9. The zero-order valence-electron chi connectivity index (χ0n) is 22.3. The summed E-state index contributed by atoms with van der Waals surface area (Å²) >= 11 is 0. The first kappa shape index (κ1) is 28.8. The Hall–Kier alpha value is -1.74. The van der Waals surface area contributed by atoms with Gasteiger partial charge in [0, 0.05) is 31.3 Å². The summed E-state index contributed by atoms with van der Waals surface area (Å²) in [4.78, 5) is 25.1. The lowest BCUT2D eigenvalue weighted by Gasteiger charge is -2.45. The minimum absolute atomic E-state index is 0.00832. The highest BCUT2D eigenvalue weighted by Gasteiger charge is 2.60. The number of allylic oxidation sites excluding steroid dienone is 1. The van der Waals surface area contributed by atoms with Gasteiger partial charge < -0.3 is 29.5 Å². The fourth-order valence-electron chi connectivity index (χ4n) is 6.24. The van der Waals surface area contributed by atoms with Crippen LogP contribution in [0.2, 0.25) is 0 Å². The van der Waals surface area contributed by atoms with Crippen LogP contribution in [0.1, 0.15) is 73.1 Å². The maximum absolute atomic E-state index is 13.1. The van der Waals surface area contributed by atoms with E-state index in [2.05, 4.69) is 19.6 Å². The zero-order valence-corrected chi connectivity index (χ0v) is 22.3. The van der Waals surface area contributed by atoms with Gasteiger partial charge in [-0.1, -0.05) is 39.0 Å². The van der Waals surface area contributed by atoms with E-state index in [4.69, 9.17) is 14.2 Å². The first-order valence-corrected chi connectivity index (χ1v) is 13.4. The Balaban J connectivity index is 1.96. The average molecular weight is 509 g/mol. The molecule has 0 amide bonds. The SMILES string of the molecule is C=C1CC2OC(C3C(C(C)CO)CC=C(C)C23)C(C)(O)C(OC(=O)C(CC)OC(=O)CCC)CC1O. The molecule has 10 unspecified atom stereocenters. The van der Waals surface area contributed by atoms with Crippen molar-refractivity contribution in [2.45, 2.75) is 109 Å². The van der Waals surface area contributed by atoms with Crippen molar-refractivity contribution in [3.8, 4) is 0 Å². The molecule has 36 heavy (non-hydrogen) atoms. The Morgan fingerprint density at radius 3 is 2.64 bits per heavy atom. The van der Waals surface area contributed by atoms with E-state index in [1.165, 1.54) is 0 Å². The van der Waals surface area contributed by atoms with Gasteiger partial charge in [-0.05, 0) is 56.9 Å². The number of carbonyl (C=O) groups excluding carboxylic acids is 2. The first-order valence-electron chi connectivity index (χ1n) is 13.4. The Kier molecular flexibility index (Phi) is 9.41. The van der Waals surface area contributed by atoms with E-state index in [1.54, 1.807) is 13.8 Å². The van der Waals surface area contributed by atoms with Crippen molar-refractivity contribution in [3.63, 3.8) is 0 Å². The molecule has 0 radical (unpaired) electrons. The smallest absolute Gasteiger partial charge is 0.347 e. The maximum Gasteiger partial charge on any atom is 0.347 e. The molecule has 3 N–H and O–H groups in total. The van der Waals surface area contributed by atoms with Crippen molar-refractivity contribution in [3.05, 3.63) is 23.8 Å². The molecular weight excluding hydrogens is 464 g/mol. The normalized spacial score (nSPS) is 38.1. The van der Waals surface area contributed by atoms with E-state index < -0.39 is 42.0 Å². The molecule has 2 saturated heterocycles. The lowest BCUT2D eigenvalue weighted by Crippen LogP contribution is -2.57. The lowest BCUT2D eigenvalue weighted by molar-refractivity contribution is -0.202. The monoisotopic (exact) mass is 508 g/mol. The number of hydrogen-bond acceptors (Lipinski definition) is 8. The maximum atomic E-state index is 13.1. The number of hydrogen-bond donors (Lipinski definition) is 3. The molecule has 0 aromatic heterocycles. The second-order valence-corrected chi connectivity index (χ2v) is 11.1. The standard InChI is InChI=1S/C28H44O8/c1-7-9-23(31)34-20(8-2)27(32)36-22-13-19(30)16(4)12-21-24-15(3)10-11-18(17(5)14-29)25(24)26(35-21)28(22,6)33/h10,17-22,24-26,29-30,33H,4,7-9,11-14H2,1-3,5-6H3. The summed E-state index contributed by atoms with van der Waals surface area (Å²) in [6.45, 7) is 13.3. The van der Waals surface area contributed by atoms with Gasteiger partial charge in [-0.15, -0.1) is 0 Å². The quantitative estimate of drug-likeness (QED) is 0.338. The fourth-order valence-corrected chi connectivity index (χ4v) is 6.24. The summed E-state index contributed by atoms with van der Waals surface area (Å²) in [6.07, 6.45) is 0.157. The van der Waals surface area contributed by atoms with E-state index in [0.29, 0.717) is 18.4 Å². The van der Waals surface area contributed by atoms with Crippen LogP contribution in [0.25, 0.3) is 0 Å². The van der Waals surface area contributed by atoms with Crippen molar-refractivity contribution >= 4 is 11.9 Å². The fraction of sp³-hybridized carbons (Fsp3) is 0.786. The van der Waals surface area contributed by atoms with Gasteiger partial charge in [-0.25, -0.2) is 4.79 Å². The first-order chi connectivity index (χ1) is 17.0. The average Bonchev–Trinajstić information content (AvgIpc) is 3.22. The van der Waals surface area contributed by atoms with Crippen LogP contribution in [0.3, 0.4) is 0 Å². The number of rotatable bonds is 8. The van der Waals surface area contributed by atoms with Crippen molar-refractivity contribution in [2.75, 3.05) is 6.61 Å². The zero-order chi connectivity index (χ0) is 26.8. The molecule has 3 rings (SSSR count). The highest BCUT2D eigenvalue weighted by Crippen LogP contribution is 2.53. The van der Waals surface area contributed by atoms with Crippen molar-refractivity contribution in [2.24, 2.45) is 23.7 Å².